The van der Waals surface area contributed by atoms with Crippen LogP contribution in [0.4, 0.5) is 10.9 Å². The van der Waals surface area contributed by atoms with Gasteiger partial charge in [0, 0.05) is 36.3 Å². The summed E-state index contributed by atoms with van der Waals surface area (Å²) >= 11 is 1.58. The van der Waals surface area contributed by atoms with Crippen LogP contribution in [0.2, 0.25) is 0 Å². The molecular weight excluding hydrogens is 298 g/mol. The monoisotopic (exact) mass is 317 g/mol. The van der Waals surface area contributed by atoms with Gasteiger partial charge in [-0.2, -0.15) is 0 Å². The molecule has 0 radical (unpaired) electrons. The summed E-state index contributed by atoms with van der Waals surface area (Å²) in [6, 6.07) is 1.88. The topological polar surface area (TPSA) is 71.0 Å². The summed E-state index contributed by atoms with van der Waals surface area (Å²) in [5, 5.41) is 4.04. The highest BCUT2D eigenvalue weighted by molar-refractivity contribution is 7.15. The van der Waals surface area contributed by atoms with Gasteiger partial charge in [0.25, 0.3) is 0 Å². The molecule has 1 atom stereocenters. The predicted molar refractivity (Wildman–Crippen MR) is 86.3 cm³/mol. The summed E-state index contributed by atoms with van der Waals surface area (Å²) in [6.07, 6.45) is 3.74. The molecule has 6 nitrogen and oxygen atoms in total. The maximum atomic E-state index is 11.7. The molecule has 1 saturated heterocycles. The fraction of sp³-hybridized carbons (Fsp3) is 0.467. The number of aryl methyl sites for hydroxylation is 2. The summed E-state index contributed by atoms with van der Waals surface area (Å²) in [5.41, 5.74) is 0.885. The fourth-order valence-electron chi connectivity index (χ4n) is 2.74. The normalized spacial score (nSPS) is 17.8. The van der Waals surface area contributed by atoms with Crippen LogP contribution in [0.25, 0.3) is 0 Å². The molecule has 1 N–H and O–H groups in total. The molecule has 1 unspecified atom stereocenters. The van der Waals surface area contributed by atoms with E-state index in [1.165, 1.54) is 0 Å². The van der Waals surface area contributed by atoms with Crippen molar-refractivity contribution in [2.24, 2.45) is 0 Å². The van der Waals surface area contributed by atoms with Crippen LogP contribution in [-0.4, -0.2) is 32.3 Å². The highest BCUT2D eigenvalue weighted by Gasteiger charge is 2.30. The molecule has 0 aliphatic carbocycles. The maximum Gasteiger partial charge on any atom is 0.220 e. The van der Waals surface area contributed by atoms with Crippen LogP contribution in [0.5, 0.6) is 0 Å². The Morgan fingerprint density at radius 2 is 2.23 bits per heavy atom. The summed E-state index contributed by atoms with van der Waals surface area (Å²) in [4.78, 5) is 28.2. The zero-order valence-corrected chi connectivity index (χ0v) is 13.8. The van der Waals surface area contributed by atoms with Gasteiger partial charge in [-0.1, -0.05) is 0 Å². The highest BCUT2D eigenvalue weighted by Crippen LogP contribution is 2.31. The van der Waals surface area contributed by atoms with Crippen molar-refractivity contribution in [2.75, 3.05) is 11.9 Å². The summed E-state index contributed by atoms with van der Waals surface area (Å²) in [7, 11) is 0. The zero-order valence-electron chi connectivity index (χ0n) is 13.0. The summed E-state index contributed by atoms with van der Waals surface area (Å²) in [5.74, 6) is 1.52. The molecule has 2 aromatic heterocycles. The third-order valence-corrected chi connectivity index (χ3v) is 4.51. The number of aromatic nitrogens is 3. The number of rotatable bonds is 3. The van der Waals surface area contributed by atoms with Gasteiger partial charge in [-0.15, -0.1) is 11.3 Å². The first-order valence-corrected chi connectivity index (χ1v) is 8.17. The number of thiazole rings is 1. The molecule has 0 aromatic carbocycles. The Balaban J connectivity index is 1.88. The molecule has 0 bridgehead atoms. The minimum Gasteiger partial charge on any atom is -0.333 e. The minimum atomic E-state index is -0.0176. The molecule has 7 heteroatoms. The molecule has 22 heavy (non-hydrogen) atoms. The van der Waals surface area contributed by atoms with Crippen molar-refractivity contribution in [1.29, 1.82) is 0 Å². The van der Waals surface area contributed by atoms with Gasteiger partial charge in [0.1, 0.15) is 5.82 Å². The first-order valence-electron chi connectivity index (χ1n) is 7.35. The van der Waals surface area contributed by atoms with Gasteiger partial charge in [-0.05, 0) is 26.7 Å². The van der Waals surface area contributed by atoms with Crippen LogP contribution >= 0.6 is 11.3 Å². The number of amides is 1. The van der Waals surface area contributed by atoms with E-state index in [1.807, 2.05) is 31.0 Å². The number of nitrogens with one attached hydrogen (secondary N) is 1. The van der Waals surface area contributed by atoms with Crippen molar-refractivity contribution in [1.82, 2.24) is 19.9 Å². The number of anilines is 2. The van der Waals surface area contributed by atoms with E-state index in [2.05, 4.69) is 20.3 Å². The first kappa shape index (κ1) is 14.9. The molecule has 1 aliphatic heterocycles. The van der Waals surface area contributed by atoms with Crippen LogP contribution in [0.15, 0.2) is 12.3 Å². The van der Waals surface area contributed by atoms with Crippen LogP contribution in [-0.2, 0) is 4.79 Å². The van der Waals surface area contributed by atoms with Crippen LogP contribution < -0.4 is 5.32 Å². The smallest absolute Gasteiger partial charge is 0.220 e. The van der Waals surface area contributed by atoms with E-state index in [4.69, 9.17) is 0 Å². The Hall–Kier alpha value is -2.02. The van der Waals surface area contributed by atoms with Crippen LogP contribution in [0.1, 0.15) is 42.2 Å². The van der Waals surface area contributed by atoms with E-state index in [-0.39, 0.29) is 11.9 Å². The third-order valence-electron chi connectivity index (χ3n) is 3.68. The van der Waals surface area contributed by atoms with Crippen LogP contribution in [0.3, 0.4) is 0 Å². The largest absolute Gasteiger partial charge is 0.333 e. The van der Waals surface area contributed by atoms with Crippen LogP contribution in [0, 0.1) is 13.8 Å². The number of likely N-dealkylation sites (tertiary alicyclic amines) is 1. The Morgan fingerprint density at radius 3 is 2.91 bits per heavy atom. The van der Waals surface area contributed by atoms with Gasteiger partial charge in [-0.25, -0.2) is 15.0 Å². The van der Waals surface area contributed by atoms with Gasteiger partial charge in [0.05, 0.1) is 6.04 Å². The molecular formula is C15H19N5OS. The number of carbonyl (C=O) groups excluding carboxylic acids is 1. The summed E-state index contributed by atoms with van der Waals surface area (Å²) in [6.45, 7) is 6.34. The lowest BCUT2D eigenvalue weighted by atomic mass is 10.2. The van der Waals surface area contributed by atoms with E-state index in [1.54, 1.807) is 18.3 Å². The first-order chi connectivity index (χ1) is 10.5. The second-order valence-electron chi connectivity index (χ2n) is 5.52. The number of hydrogen-bond donors (Lipinski definition) is 1. The SMILES string of the molecule is CC(=O)N1CCCC1c1nc(C)cc(Nc2ncc(C)s2)n1. The number of hydrogen-bond acceptors (Lipinski definition) is 6. The van der Waals surface area contributed by atoms with Crippen molar-refractivity contribution in [3.05, 3.63) is 28.7 Å². The molecule has 3 heterocycles. The Bertz CT molecular complexity index is 699. The molecule has 1 aliphatic rings. The Kier molecular flexibility index (Phi) is 4.06. The van der Waals surface area contributed by atoms with E-state index in [0.29, 0.717) is 5.82 Å². The van der Waals surface area contributed by atoms with E-state index in [9.17, 15) is 4.79 Å². The van der Waals surface area contributed by atoms with Crippen molar-refractivity contribution in [2.45, 2.75) is 39.7 Å². The molecule has 2 aromatic rings. The highest BCUT2D eigenvalue weighted by atomic mass is 32.1. The fourth-order valence-corrected chi connectivity index (χ4v) is 3.41. The Labute approximate surface area is 133 Å². The van der Waals surface area contributed by atoms with Gasteiger partial charge >= 0.3 is 0 Å². The van der Waals surface area contributed by atoms with Gasteiger partial charge in [0.15, 0.2) is 11.0 Å². The second-order valence-corrected chi connectivity index (χ2v) is 6.76. The van der Waals surface area contributed by atoms with E-state index < -0.39 is 0 Å². The van der Waals surface area contributed by atoms with Gasteiger partial charge < -0.3 is 10.2 Å². The third kappa shape index (κ3) is 3.09. The van der Waals surface area contributed by atoms with Crippen molar-refractivity contribution in [3.63, 3.8) is 0 Å². The maximum absolute atomic E-state index is 11.7. The molecule has 3 rings (SSSR count). The lowest BCUT2D eigenvalue weighted by molar-refractivity contribution is -0.129. The summed E-state index contributed by atoms with van der Waals surface area (Å²) < 4.78 is 0. The quantitative estimate of drug-likeness (QED) is 0.942. The molecule has 0 spiro atoms. The molecule has 1 fully saturated rings. The van der Waals surface area contributed by atoms with Gasteiger partial charge in [-0.3, -0.25) is 4.79 Å². The average Bonchev–Trinajstić information content (AvgIpc) is 3.07. The zero-order chi connectivity index (χ0) is 15.7. The molecule has 0 saturated carbocycles. The lowest BCUT2D eigenvalue weighted by Crippen LogP contribution is -2.29. The van der Waals surface area contributed by atoms with Gasteiger partial charge in [0.2, 0.25) is 5.91 Å². The number of nitrogens with zero attached hydrogens (tertiary/aromatic N) is 4. The van der Waals surface area contributed by atoms with Crippen molar-refractivity contribution in [3.8, 4) is 0 Å². The minimum absolute atomic E-state index is 0.0176. The van der Waals surface area contributed by atoms with E-state index >= 15 is 0 Å². The van der Waals surface area contributed by atoms with E-state index in [0.717, 1.165) is 40.9 Å². The average molecular weight is 317 g/mol. The van der Waals surface area contributed by atoms with Crippen molar-refractivity contribution >= 4 is 28.2 Å². The molecule has 116 valence electrons. The second kappa shape index (κ2) is 6.00. The Morgan fingerprint density at radius 1 is 1.41 bits per heavy atom. The number of carbonyl (C=O) groups is 1. The molecule has 1 amide bonds. The van der Waals surface area contributed by atoms with Crippen molar-refractivity contribution < 1.29 is 4.79 Å². The lowest BCUT2D eigenvalue weighted by Gasteiger charge is -2.22. The predicted octanol–water partition coefficient (Wildman–Crippen LogP) is 2.98. The standard InChI is InChI=1S/C15H19N5OS/c1-9-7-13(19-15-16-8-10(2)22-15)18-14(17-9)12-5-4-6-20(12)11(3)21/h7-8,12H,4-6H2,1-3H3,(H,16,17,18,19).